The Bertz CT molecular complexity index is 791. The highest BCUT2D eigenvalue weighted by Gasteiger charge is 2.42. The van der Waals surface area contributed by atoms with E-state index >= 15 is 0 Å². The lowest BCUT2D eigenvalue weighted by Gasteiger charge is -2.35. The van der Waals surface area contributed by atoms with Crippen LogP contribution in [0.25, 0.3) is 0 Å². The normalized spacial score (nSPS) is 27.9. The molecule has 0 unspecified atom stereocenters. The van der Waals surface area contributed by atoms with Crippen molar-refractivity contribution in [2.24, 2.45) is 0 Å². The second-order valence-corrected chi connectivity index (χ2v) is 8.78. The number of anilines is 1. The molecule has 1 aromatic carbocycles. The third-order valence-corrected chi connectivity index (χ3v) is 6.28. The van der Waals surface area contributed by atoms with Gasteiger partial charge in [-0.1, -0.05) is 12.1 Å². The van der Waals surface area contributed by atoms with Gasteiger partial charge in [0.1, 0.15) is 5.75 Å². The third kappa shape index (κ3) is 3.24. The molecule has 0 saturated carbocycles. The molecule has 0 bridgehead atoms. The Kier molecular flexibility index (Phi) is 4.03. The number of carbonyl (C=O) groups excluding carboxylic acids is 2. The highest BCUT2D eigenvalue weighted by molar-refractivity contribution is 7.91. The summed E-state index contributed by atoms with van der Waals surface area (Å²) >= 11 is 0. The van der Waals surface area contributed by atoms with Gasteiger partial charge in [-0.25, -0.2) is 8.42 Å². The molecular weight excluding hydrogens is 332 g/mol. The quantitative estimate of drug-likeness (QED) is 0.836. The third-order valence-electron chi connectivity index (χ3n) is 4.37. The molecule has 0 radical (unpaired) electrons. The Hall–Kier alpha value is -2.09. The molecule has 130 valence electrons. The van der Waals surface area contributed by atoms with E-state index in [-0.39, 0.29) is 24.0 Å². The van der Waals surface area contributed by atoms with Crippen LogP contribution in [0.15, 0.2) is 24.3 Å². The molecule has 24 heavy (non-hydrogen) atoms. The van der Waals surface area contributed by atoms with Crippen molar-refractivity contribution >= 4 is 27.3 Å². The summed E-state index contributed by atoms with van der Waals surface area (Å²) in [6, 6.07) is 7.02. The molecule has 8 heteroatoms. The van der Waals surface area contributed by atoms with Gasteiger partial charge >= 0.3 is 0 Å². The predicted octanol–water partition coefficient (Wildman–Crippen LogP) is 0.494. The van der Waals surface area contributed by atoms with Crippen molar-refractivity contribution in [3.63, 3.8) is 0 Å². The molecule has 1 fully saturated rings. The predicted molar refractivity (Wildman–Crippen MR) is 88.7 cm³/mol. The monoisotopic (exact) mass is 352 g/mol. The second kappa shape index (κ2) is 5.77. The van der Waals surface area contributed by atoms with Crippen LogP contribution >= 0.6 is 0 Å². The average Bonchev–Trinajstić information content (AvgIpc) is 2.79. The standard InChI is InChI=1S/C16H20N2O5S/c1-11(19)18-9-14(23-13-6-4-3-5-12(13)18)15(20)17-16(2)7-8-24(21,22)10-16/h3-6,14H,7-10H2,1-2H3,(H,17,20)/t14-,16-/m1/s1. The van der Waals surface area contributed by atoms with Crippen LogP contribution in [0.1, 0.15) is 20.3 Å². The molecule has 2 heterocycles. The second-order valence-electron chi connectivity index (χ2n) is 6.60. The lowest BCUT2D eigenvalue weighted by Crippen LogP contribution is -2.56. The van der Waals surface area contributed by atoms with Gasteiger partial charge in [0.2, 0.25) is 5.91 Å². The molecule has 1 saturated heterocycles. The smallest absolute Gasteiger partial charge is 0.263 e. The van der Waals surface area contributed by atoms with Gasteiger partial charge in [0.15, 0.2) is 15.9 Å². The van der Waals surface area contributed by atoms with Crippen molar-refractivity contribution in [2.75, 3.05) is 23.0 Å². The van der Waals surface area contributed by atoms with Gasteiger partial charge in [-0.2, -0.15) is 0 Å². The molecule has 0 aromatic heterocycles. The van der Waals surface area contributed by atoms with E-state index in [1.807, 2.05) is 0 Å². The van der Waals surface area contributed by atoms with E-state index in [9.17, 15) is 18.0 Å². The first-order chi connectivity index (χ1) is 11.2. The van der Waals surface area contributed by atoms with E-state index in [1.54, 1.807) is 31.2 Å². The van der Waals surface area contributed by atoms with Crippen molar-refractivity contribution in [1.29, 1.82) is 0 Å². The van der Waals surface area contributed by atoms with E-state index in [0.717, 1.165) is 0 Å². The maximum absolute atomic E-state index is 12.6. The van der Waals surface area contributed by atoms with Gasteiger partial charge in [-0.05, 0) is 25.5 Å². The summed E-state index contributed by atoms with van der Waals surface area (Å²) in [4.78, 5) is 26.0. The summed E-state index contributed by atoms with van der Waals surface area (Å²) in [5.74, 6) is -0.139. The van der Waals surface area contributed by atoms with Crippen LogP contribution in [-0.4, -0.2) is 49.9 Å². The van der Waals surface area contributed by atoms with Gasteiger partial charge in [-0.3, -0.25) is 9.59 Å². The number of fused-ring (bicyclic) bond motifs is 1. The zero-order chi connectivity index (χ0) is 17.5. The van der Waals surface area contributed by atoms with E-state index in [4.69, 9.17) is 4.74 Å². The zero-order valence-electron chi connectivity index (χ0n) is 13.6. The largest absolute Gasteiger partial charge is 0.477 e. The Balaban J connectivity index is 1.78. The number of nitrogens with one attached hydrogen (secondary N) is 1. The highest BCUT2D eigenvalue weighted by Crippen LogP contribution is 2.33. The van der Waals surface area contributed by atoms with Crippen molar-refractivity contribution in [1.82, 2.24) is 5.32 Å². The number of para-hydroxylation sites is 2. The summed E-state index contributed by atoms with van der Waals surface area (Å²) in [6.07, 6.45) is -0.496. The van der Waals surface area contributed by atoms with E-state index < -0.39 is 27.4 Å². The minimum absolute atomic E-state index is 0.0672. The van der Waals surface area contributed by atoms with Crippen molar-refractivity contribution < 1.29 is 22.7 Å². The minimum atomic E-state index is -3.12. The number of nitrogens with zero attached hydrogens (tertiary/aromatic N) is 1. The van der Waals surface area contributed by atoms with Gasteiger partial charge in [0.25, 0.3) is 5.91 Å². The molecule has 0 spiro atoms. The first-order valence-corrected chi connectivity index (χ1v) is 9.57. The van der Waals surface area contributed by atoms with Crippen LogP contribution in [0, 0.1) is 0 Å². The van der Waals surface area contributed by atoms with E-state index in [0.29, 0.717) is 17.9 Å². The van der Waals surface area contributed by atoms with Crippen LogP contribution in [0.4, 0.5) is 5.69 Å². The number of rotatable bonds is 2. The molecule has 3 rings (SSSR count). The first kappa shape index (κ1) is 16.8. The molecule has 7 nitrogen and oxygen atoms in total. The van der Waals surface area contributed by atoms with Gasteiger partial charge in [0.05, 0.1) is 29.3 Å². The summed E-state index contributed by atoms with van der Waals surface area (Å²) in [5.41, 5.74) is -0.166. The Morgan fingerprint density at radius 1 is 1.33 bits per heavy atom. The van der Waals surface area contributed by atoms with Crippen molar-refractivity contribution in [2.45, 2.75) is 31.9 Å². The van der Waals surface area contributed by atoms with Crippen LogP contribution in [0.3, 0.4) is 0 Å². The molecule has 2 amide bonds. The van der Waals surface area contributed by atoms with Crippen molar-refractivity contribution in [3.8, 4) is 5.75 Å². The maximum Gasteiger partial charge on any atom is 0.263 e. The SMILES string of the molecule is CC(=O)N1C[C@H](C(=O)N[C@]2(C)CCS(=O)(=O)C2)Oc2ccccc21. The topological polar surface area (TPSA) is 92.8 Å². The number of hydrogen-bond donors (Lipinski definition) is 1. The number of hydrogen-bond acceptors (Lipinski definition) is 5. The van der Waals surface area contributed by atoms with Gasteiger partial charge in [-0.15, -0.1) is 0 Å². The summed E-state index contributed by atoms with van der Waals surface area (Å²) in [5, 5.41) is 2.79. The number of carbonyl (C=O) groups is 2. The maximum atomic E-state index is 12.6. The number of benzene rings is 1. The van der Waals surface area contributed by atoms with E-state index in [2.05, 4.69) is 5.32 Å². The molecule has 2 atom stereocenters. The molecule has 1 aromatic rings. The molecular formula is C16H20N2O5S. The molecule has 2 aliphatic heterocycles. The minimum Gasteiger partial charge on any atom is -0.477 e. The average molecular weight is 352 g/mol. The van der Waals surface area contributed by atoms with E-state index in [1.165, 1.54) is 11.8 Å². The lowest BCUT2D eigenvalue weighted by atomic mass is 10.0. The number of sulfone groups is 1. The molecule has 1 N–H and O–H groups in total. The summed E-state index contributed by atoms with van der Waals surface area (Å²) in [6.45, 7) is 3.25. The highest BCUT2D eigenvalue weighted by atomic mass is 32.2. The van der Waals surface area contributed by atoms with Crippen LogP contribution in [-0.2, 0) is 19.4 Å². The van der Waals surface area contributed by atoms with Crippen molar-refractivity contribution in [3.05, 3.63) is 24.3 Å². The fourth-order valence-corrected chi connectivity index (χ4v) is 5.25. The number of ether oxygens (including phenoxy) is 1. The molecule has 2 aliphatic rings. The fourth-order valence-electron chi connectivity index (χ4n) is 3.16. The summed E-state index contributed by atoms with van der Waals surface area (Å²) in [7, 11) is -3.12. The van der Waals surface area contributed by atoms with Gasteiger partial charge < -0.3 is 15.0 Å². The Morgan fingerprint density at radius 2 is 2.04 bits per heavy atom. The Morgan fingerprint density at radius 3 is 2.67 bits per heavy atom. The van der Waals surface area contributed by atoms with Crippen LogP contribution in [0.5, 0.6) is 5.75 Å². The Labute approximate surface area is 140 Å². The number of amides is 2. The van der Waals surface area contributed by atoms with Crippen LogP contribution < -0.4 is 15.0 Å². The summed E-state index contributed by atoms with van der Waals surface area (Å²) < 4.78 is 29.1. The van der Waals surface area contributed by atoms with Crippen LogP contribution in [0.2, 0.25) is 0 Å². The molecule has 0 aliphatic carbocycles. The zero-order valence-corrected chi connectivity index (χ0v) is 14.4. The van der Waals surface area contributed by atoms with Gasteiger partial charge in [0, 0.05) is 6.92 Å². The fraction of sp³-hybridized carbons (Fsp3) is 0.500. The first-order valence-electron chi connectivity index (χ1n) is 7.75. The lowest BCUT2D eigenvalue weighted by molar-refractivity contribution is -0.129.